The number of fused-ring (bicyclic) bond motifs is 5. The average Bonchev–Trinajstić information content (AvgIpc) is 3.64. The predicted octanol–water partition coefficient (Wildman–Crippen LogP) is 4.75. The third-order valence-corrected chi connectivity index (χ3v) is 9.68. The Morgan fingerprint density at radius 2 is 1.93 bits per heavy atom. The van der Waals surface area contributed by atoms with Crippen molar-refractivity contribution in [3.63, 3.8) is 0 Å². The lowest BCUT2D eigenvalue weighted by molar-refractivity contribution is 0.0695. The zero-order chi connectivity index (χ0) is 28.7. The highest BCUT2D eigenvalue weighted by Crippen LogP contribution is 2.54. The number of hydrogen-bond acceptors (Lipinski definition) is 7. The second kappa shape index (κ2) is 9.44. The van der Waals surface area contributed by atoms with E-state index in [1.54, 1.807) is 23.9 Å². The number of aromatic carboxylic acids is 1. The Bertz CT molecular complexity index is 1860. The minimum absolute atomic E-state index is 0.246. The zero-order valence-electron chi connectivity index (χ0n) is 22.8. The van der Waals surface area contributed by atoms with Crippen LogP contribution in [0.5, 0.6) is 0 Å². The maximum Gasteiger partial charge on any atom is 0.341 e. The maximum atomic E-state index is 13.2. The molecule has 11 heteroatoms. The predicted molar refractivity (Wildman–Crippen MR) is 162 cm³/mol. The molecular weight excluding hydrogens is 563 g/mol. The van der Waals surface area contributed by atoms with Crippen LogP contribution in [0.1, 0.15) is 28.0 Å². The molecule has 2 atom stereocenters. The van der Waals surface area contributed by atoms with Gasteiger partial charge in [0.2, 0.25) is 5.43 Å². The minimum atomic E-state index is -1.27. The molecule has 5 heterocycles. The molecule has 41 heavy (non-hydrogen) atoms. The van der Waals surface area contributed by atoms with Crippen LogP contribution in [0.25, 0.3) is 33.3 Å². The number of benzene rings is 1. The fraction of sp³-hybridized carbons (Fsp3) is 0.333. The van der Waals surface area contributed by atoms with Gasteiger partial charge < -0.3 is 24.8 Å². The van der Waals surface area contributed by atoms with Gasteiger partial charge in [-0.05, 0) is 37.1 Å². The molecule has 2 aliphatic heterocycles. The quantitative estimate of drug-likeness (QED) is 0.309. The molecule has 3 aliphatic rings. The normalized spacial score (nSPS) is 19.5. The van der Waals surface area contributed by atoms with Crippen LogP contribution in [-0.2, 0) is 13.5 Å². The van der Waals surface area contributed by atoms with E-state index in [1.807, 2.05) is 19.3 Å². The molecule has 0 radical (unpaired) electrons. The van der Waals surface area contributed by atoms with E-state index in [4.69, 9.17) is 28.2 Å². The Morgan fingerprint density at radius 3 is 2.68 bits per heavy atom. The number of likely N-dealkylation sites (tertiary alicyclic amines) is 1. The van der Waals surface area contributed by atoms with Crippen molar-refractivity contribution in [3.05, 3.63) is 67.8 Å². The second-order valence-corrected chi connectivity index (χ2v) is 12.0. The summed E-state index contributed by atoms with van der Waals surface area (Å²) in [5.74, 6) is -0.727. The number of pyridine rings is 3. The molecular formula is C30H28Cl2N6O3. The first-order chi connectivity index (χ1) is 19.7. The van der Waals surface area contributed by atoms with Crippen molar-refractivity contribution in [2.24, 2.45) is 13.0 Å². The molecule has 4 aromatic rings. The monoisotopic (exact) mass is 590 g/mol. The molecule has 1 aromatic carbocycles. The number of carboxylic acids is 1. The number of carboxylic acid groups (broad SMARTS) is 1. The fourth-order valence-corrected chi connectivity index (χ4v) is 7.52. The van der Waals surface area contributed by atoms with Gasteiger partial charge in [-0.25, -0.2) is 9.78 Å². The molecule has 0 bridgehead atoms. The van der Waals surface area contributed by atoms with E-state index in [1.165, 1.54) is 6.20 Å². The number of aromatic nitrogens is 3. The number of carbonyl (C=O) groups is 1. The van der Waals surface area contributed by atoms with E-state index < -0.39 is 11.4 Å². The molecule has 0 saturated carbocycles. The number of hydrogen-bond donors (Lipinski definition) is 2. The Balaban J connectivity index is 1.52. The Morgan fingerprint density at radius 1 is 1.12 bits per heavy atom. The number of anilines is 2. The van der Waals surface area contributed by atoms with Crippen LogP contribution in [0.4, 0.5) is 11.4 Å². The number of nitrogens with one attached hydrogen (secondary N) is 1. The minimum Gasteiger partial charge on any atom is -0.477 e. The summed E-state index contributed by atoms with van der Waals surface area (Å²) in [6, 6.07) is 3.92. The van der Waals surface area contributed by atoms with Crippen molar-refractivity contribution in [2.45, 2.75) is 18.9 Å². The van der Waals surface area contributed by atoms with Crippen LogP contribution in [0.2, 0.25) is 10.0 Å². The Kier molecular flexibility index (Phi) is 6.04. The molecule has 9 nitrogen and oxygen atoms in total. The van der Waals surface area contributed by atoms with Gasteiger partial charge in [-0.3, -0.25) is 9.78 Å². The fourth-order valence-electron chi connectivity index (χ4n) is 7.06. The standard InChI is InChI=1S/C30H28Cl2N6O3/c1-33-21-8-20(31)26(32)24-16(21)7-22-25(24)27(38-5-4-14-11-36(2)13-23(14)38)18(10-34-22)15-6-17-28(39)19(30(40)41)12-37(3)29(17)35-9-15/h6,8-10,12,14,23,33H,4-5,7,11,13H2,1-3H3,(H,40,41)/t14-,23?/m0/s1. The van der Waals surface area contributed by atoms with Gasteiger partial charge >= 0.3 is 5.97 Å². The second-order valence-electron chi connectivity index (χ2n) is 11.3. The Labute approximate surface area is 246 Å². The first-order valence-electron chi connectivity index (χ1n) is 13.6. The maximum absolute atomic E-state index is 13.2. The average molecular weight is 591 g/mol. The number of likely N-dealkylation sites (N-methyl/N-ethyl adjacent to an activating group) is 1. The number of rotatable bonds is 4. The van der Waals surface area contributed by atoms with Gasteiger partial charge in [-0.15, -0.1) is 0 Å². The summed E-state index contributed by atoms with van der Waals surface area (Å²) in [7, 11) is 5.71. The molecule has 1 aliphatic carbocycles. The van der Waals surface area contributed by atoms with Crippen molar-refractivity contribution in [1.82, 2.24) is 19.4 Å². The number of nitrogens with zero attached hydrogens (tertiary/aromatic N) is 5. The van der Waals surface area contributed by atoms with Gasteiger partial charge in [0.15, 0.2) is 0 Å². The van der Waals surface area contributed by atoms with E-state index >= 15 is 0 Å². The lowest BCUT2D eigenvalue weighted by Crippen LogP contribution is -2.35. The van der Waals surface area contributed by atoms with E-state index in [0.717, 1.165) is 65.4 Å². The van der Waals surface area contributed by atoms with Gasteiger partial charge in [-0.1, -0.05) is 23.2 Å². The van der Waals surface area contributed by atoms with Gasteiger partial charge in [-0.2, -0.15) is 0 Å². The summed E-state index contributed by atoms with van der Waals surface area (Å²) < 4.78 is 1.57. The lowest BCUT2D eigenvalue weighted by Gasteiger charge is -2.31. The van der Waals surface area contributed by atoms with Crippen LogP contribution in [0.3, 0.4) is 0 Å². The van der Waals surface area contributed by atoms with Crippen LogP contribution >= 0.6 is 23.2 Å². The molecule has 2 saturated heterocycles. The largest absolute Gasteiger partial charge is 0.477 e. The molecule has 3 aromatic heterocycles. The van der Waals surface area contributed by atoms with Gasteiger partial charge in [0.1, 0.15) is 11.2 Å². The Hall–Kier alpha value is -3.66. The van der Waals surface area contributed by atoms with E-state index in [9.17, 15) is 14.7 Å². The smallest absolute Gasteiger partial charge is 0.341 e. The van der Waals surface area contributed by atoms with Crippen LogP contribution < -0.4 is 15.6 Å². The number of halogens is 2. The van der Waals surface area contributed by atoms with Crippen LogP contribution in [0, 0.1) is 5.92 Å². The highest BCUT2D eigenvalue weighted by Gasteiger charge is 2.43. The third-order valence-electron chi connectivity index (χ3n) is 8.89. The van der Waals surface area contributed by atoms with Gasteiger partial charge in [0.05, 0.1) is 26.8 Å². The molecule has 2 N–H and O–H groups in total. The molecule has 0 spiro atoms. The van der Waals surface area contributed by atoms with Crippen LogP contribution in [-0.4, -0.2) is 70.3 Å². The SMILES string of the molecule is CNc1cc(Cl)c(Cl)c2c1Cc1ncc(-c3cnc4c(c3)c(=O)c(C(=O)O)cn4C)c(N3CC[C@H]4CN(C)CC43)c1-2. The number of aryl methyl sites for hydroxylation is 1. The molecule has 210 valence electrons. The summed E-state index contributed by atoms with van der Waals surface area (Å²) >= 11 is 13.6. The zero-order valence-corrected chi connectivity index (χ0v) is 24.3. The molecule has 2 fully saturated rings. The third kappa shape index (κ3) is 3.86. The molecule has 0 amide bonds. The van der Waals surface area contributed by atoms with Crippen molar-refractivity contribution in [3.8, 4) is 22.3 Å². The van der Waals surface area contributed by atoms with Crippen LogP contribution in [0.15, 0.2) is 35.5 Å². The first-order valence-corrected chi connectivity index (χ1v) is 14.3. The lowest BCUT2D eigenvalue weighted by atomic mass is 9.96. The van der Waals surface area contributed by atoms with Crippen molar-refractivity contribution in [2.75, 3.05) is 43.9 Å². The molecule has 1 unspecified atom stereocenters. The van der Waals surface area contributed by atoms with Crippen molar-refractivity contribution < 1.29 is 9.90 Å². The van der Waals surface area contributed by atoms with E-state index in [0.29, 0.717) is 39.6 Å². The highest BCUT2D eigenvalue weighted by molar-refractivity contribution is 6.44. The van der Waals surface area contributed by atoms with Gasteiger partial charge in [0.25, 0.3) is 0 Å². The summed E-state index contributed by atoms with van der Waals surface area (Å²) in [6.45, 7) is 2.87. The highest BCUT2D eigenvalue weighted by atomic mass is 35.5. The topological polar surface area (TPSA) is 104 Å². The summed E-state index contributed by atoms with van der Waals surface area (Å²) in [4.78, 5) is 39.4. The first kappa shape index (κ1) is 26.3. The summed E-state index contributed by atoms with van der Waals surface area (Å²) in [5, 5.41) is 14.1. The van der Waals surface area contributed by atoms with Crippen molar-refractivity contribution >= 4 is 51.6 Å². The van der Waals surface area contributed by atoms with E-state index in [-0.39, 0.29) is 10.9 Å². The van der Waals surface area contributed by atoms with Gasteiger partial charge in [0, 0.05) is 92.7 Å². The summed E-state index contributed by atoms with van der Waals surface area (Å²) in [6.07, 6.45) is 6.59. The molecule has 7 rings (SSSR count). The van der Waals surface area contributed by atoms with E-state index in [2.05, 4.69) is 27.1 Å². The van der Waals surface area contributed by atoms with Crippen molar-refractivity contribution in [1.29, 1.82) is 0 Å². The summed E-state index contributed by atoms with van der Waals surface area (Å²) in [5.41, 5.74) is 6.82.